The first-order valence-corrected chi connectivity index (χ1v) is 9.37. The number of aryl methyl sites for hydroxylation is 1. The first kappa shape index (κ1) is 16.1. The average molecular weight is 331 g/mol. The van der Waals surface area contributed by atoms with Crippen LogP contribution in [0, 0.1) is 23.2 Å². The second kappa shape index (κ2) is 5.58. The Labute approximate surface area is 143 Å². The first-order chi connectivity index (χ1) is 11.4. The average Bonchev–Trinajstić information content (AvgIpc) is 2.53. The van der Waals surface area contributed by atoms with Crippen LogP contribution in [0.15, 0.2) is 15.8 Å². The fraction of sp³-hybridized carbons (Fsp3) is 0.789. The van der Waals surface area contributed by atoms with Crippen LogP contribution in [0.5, 0.6) is 0 Å². The number of hydrogen-bond acceptors (Lipinski definition) is 3. The van der Waals surface area contributed by atoms with Gasteiger partial charge in [0.25, 0.3) is 5.56 Å². The molecule has 1 heterocycles. The van der Waals surface area contributed by atoms with E-state index in [2.05, 4.69) is 12.2 Å². The van der Waals surface area contributed by atoms with E-state index in [0.29, 0.717) is 23.6 Å². The summed E-state index contributed by atoms with van der Waals surface area (Å²) in [5, 5.41) is 3.64. The summed E-state index contributed by atoms with van der Waals surface area (Å²) < 4.78 is 2.69. The zero-order valence-corrected chi connectivity index (χ0v) is 15.0. The molecule has 4 saturated carbocycles. The van der Waals surface area contributed by atoms with Crippen molar-refractivity contribution in [2.75, 3.05) is 0 Å². The highest BCUT2D eigenvalue weighted by Crippen LogP contribution is 2.61. The van der Waals surface area contributed by atoms with Gasteiger partial charge in [-0.15, -0.1) is 0 Å². The van der Waals surface area contributed by atoms with Crippen LogP contribution in [0.3, 0.4) is 0 Å². The van der Waals surface area contributed by atoms with Crippen LogP contribution in [-0.2, 0) is 20.6 Å². The molecular formula is C19H29N3O2. The van der Waals surface area contributed by atoms with Gasteiger partial charge in [0.2, 0.25) is 0 Å². The maximum atomic E-state index is 12.3. The lowest BCUT2D eigenvalue weighted by molar-refractivity contribution is -0.0706. The third-order valence-corrected chi connectivity index (χ3v) is 7.12. The topological polar surface area (TPSA) is 56.0 Å². The Morgan fingerprint density at radius 1 is 1.12 bits per heavy atom. The largest absolute Gasteiger partial charge is 0.330 e. The molecule has 0 aliphatic heterocycles. The zero-order valence-electron chi connectivity index (χ0n) is 15.0. The number of hydrogen-bond donors (Lipinski definition) is 1. The highest BCUT2D eigenvalue weighted by Gasteiger charge is 2.52. The Bertz CT molecular complexity index is 726. The Hall–Kier alpha value is -1.36. The molecule has 4 fully saturated rings. The van der Waals surface area contributed by atoms with Gasteiger partial charge in [0.1, 0.15) is 0 Å². The van der Waals surface area contributed by atoms with Crippen LogP contribution in [0.4, 0.5) is 0 Å². The molecule has 0 aromatic carbocycles. The van der Waals surface area contributed by atoms with Gasteiger partial charge in [0, 0.05) is 38.4 Å². The molecule has 1 N–H and O–H groups in total. The SMILES string of the molecule is CC(NCc1cn(C)c(=O)n(C)c1=O)C12CC3CC(CC(C3)C1)C2. The molecule has 5 nitrogen and oxygen atoms in total. The fourth-order valence-electron chi connectivity index (χ4n) is 6.19. The monoisotopic (exact) mass is 331 g/mol. The molecule has 1 unspecified atom stereocenters. The maximum absolute atomic E-state index is 12.3. The molecule has 0 spiro atoms. The molecule has 4 bridgehead atoms. The molecule has 1 atom stereocenters. The van der Waals surface area contributed by atoms with Gasteiger partial charge in [0.15, 0.2) is 0 Å². The van der Waals surface area contributed by atoms with Crippen LogP contribution in [0.1, 0.15) is 51.0 Å². The predicted molar refractivity (Wildman–Crippen MR) is 93.8 cm³/mol. The minimum atomic E-state index is -0.266. The van der Waals surface area contributed by atoms with Crippen LogP contribution >= 0.6 is 0 Å². The van der Waals surface area contributed by atoms with Gasteiger partial charge in [-0.05, 0) is 68.6 Å². The van der Waals surface area contributed by atoms with Crippen molar-refractivity contribution in [3.05, 3.63) is 32.6 Å². The third kappa shape index (κ3) is 2.48. The van der Waals surface area contributed by atoms with E-state index in [1.807, 2.05) is 0 Å². The molecule has 1 aromatic heterocycles. The molecule has 4 aliphatic carbocycles. The molecule has 4 aliphatic rings. The summed E-state index contributed by atoms with van der Waals surface area (Å²) in [4.78, 5) is 24.1. The van der Waals surface area contributed by atoms with E-state index < -0.39 is 0 Å². The van der Waals surface area contributed by atoms with E-state index in [1.54, 1.807) is 20.3 Å². The Balaban J connectivity index is 1.51. The molecule has 5 heteroatoms. The van der Waals surface area contributed by atoms with Gasteiger partial charge in [0.05, 0.1) is 0 Å². The lowest BCUT2D eigenvalue weighted by Crippen LogP contribution is -2.55. The van der Waals surface area contributed by atoms with Gasteiger partial charge < -0.3 is 9.88 Å². The van der Waals surface area contributed by atoms with Crippen molar-refractivity contribution in [1.82, 2.24) is 14.5 Å². The molecule has 0 radical (unpaired) electrons. The second-order valence-corrected chi connectivity index (χ2v) is 8.79. The van der Waals surface area contributed by atoms with E-state index in [0.717, 1.165) is 17.8 Å². The first-order valence-electron chi connectivity index (χ1n) is 9.37. The highest BCUT2D eigenvalue weighted by molar-refractivity contribution is 5.08. The number of rotatable bonds is 4. The van der Waals surface area contributed by atoms with Crippen LogP contribution in [0.2, 0.25) is 0 Å². The van der Waals surface area contributed by atoms with Gasteiger partial charge in [-0.1, -0.05) is 0 Å². The Morgan fingerprint density at radius 3 is 2.21 bits per heavy atom. The summed E-state index contributed by atoms with van der Waals surface area (Å²) in [6.45, 7) is 2.85. The summed E-state index contributed by atoms with van der Waals surface area (Å²) in [5.74, 6) is 2.81. The van der Waals surface area contributed by atoms with Crippen molar-refractivity contribution in [2.24, 2.45) is 37.3 Å². The van der Waals surface area contributed by atoms with Crippen molar-refractivity contribution < 1.29 is 0 Å². The molecule has 0 saturated heterocycles. The molecule has 24 heavy (non-hydrogen) atoms. The normalized spacial score (nSPS) is 35.4. The number of nitrogens with one attached hydrogen (secondary N) is 1. The summed E-state index contributed by atoms with van der Waals surface area (Å²) in [5.41, 5.74) is 0.665. The summed E-state index contributed by atoms with van der Waals surface area (Å²) in [6.07, 6.45) is 10.1. The van der Waals surface area contributed by atoms with E-state index in [-0.39, 0.29) is 11.2 Å². The van der Waals surface area contributed by atoms with Gasteiger partial charge in [-0.25, -0.2) is 4.79 Å². The molecule has 5 rings (SSSR count). The van der Waals surface area contributed by atoms with Crippen LogP contribution in [-0.4, -0.2) is 15.2 Å². The molecule has 0 amide bonds. The molecule has 1 aromatic rings. The van der Waals surface area contributed by atoms with E-state index in [1.165, 1.54) is 47.7 Å². The predicted octanol–water partition coefficient (Wildman–Crippen LogP) is 1.78. The Kier molecular flexibility index (Phi) is 3.75. The number of aromatic nitrogens is 2. The summed E-state index contributed by atoms with van der Waals surface area (Å²) in [7, 11) is 3.25. The van der Waals surface area contributed by atoms with Crippen molar-refractivity contribution >= 4 is 0 Å². The van der Waals surface area contributed by atoms with Gasteiger partial charge in [-0.2, -0.15) is 0 Å². The molecular weight excluding hydrogens is 302 g/mol. The minimum absolute atomic E-state index is 0.177. The fourth-order valence-corrected chi connectivity index (χ4v) is 6.19. The number of nitrogens with zero attached hydrogens (tertiary/aromatic N) is 2. The van der Waals surface area contributed by atoms with Crippen molar-refractivity contribution in [1.29, 1.82) is 0 Å². The third-order valence-electron chi connectivity index (χ3n) is 7.12. The maximum Gasteiger partial charge on any atom is 0.330 e. The Morgan fingerprint density at radius 2 is 1.67 bits per heavy atom. The lowest BCUT2D eigenvalue weighted by atomic mass is 9.48. The molecule has 132 valence electrons. The summed E-state index contributed by atoms with van der Waals surface area (Å²) >= 11 is 0. The van der Waals surface area contributed by atoms with E-state index >= 15 is 0 Å². The van der Waals surface area contributed by atoms with Crippen molar-refractivity contribution in [3.8, 4) is 0 Å². The van der Waals surface area contributed by atoms with Crippen molar-refractivity contribution in [2.45, 2.75) is 58.0 Å². The lowest BCUT2D eigenvalue weighted by Gasteiger charge is -2.59. The minimum Gasteiger partial charge on any atom is -0.309 e. The quantitative estimate of drug-likeness (QED) is 0.915. The highest BCUT2D eigenvalue weighted by atomic mass is 16.2. The van der Waals surface area contributed by atoms with E-state index in [4.69, 9.17) is 0 Å². The van der Waals surface area contributed by atoms with Crippen LogP contribution < -0.4 is 16.6 Å². The summed E-state index contributed by atoms with van der Waals surface area (Å²) in [6, 6.07) is 0.424. The van der Waals surface area contributed by atoms with Gasteiger partial charge >= 0.3 is 5.69 Å². The second-order valence-electron chi connectivity index (χ2n) is 8.79. The van der Waals surface area contributed by atoms with Crippen LogP contribution in [0.25, 0.3) is 0 Å². The van der Waals surface area contributed by atoms with Gasteiger partial charge in [-0.3, -0.25) is 9.36 Å². The standard InChI is InChI=1S/C19H29N3O2/c1-12(19-7-13-4-14(8-19)6-15(5-13)9-19)20-10-16-11-21(2)18(24)22(3)17(16)23/h11-15,20H,4-10H2,1-3H3. The van der Waals surface area contributed by atoms with Crippen molar-refractivity contribution in [3.63, 3.8) is 0 Å². The van der Waals surface area contributed by atoms with E-state index in [9.17, 15) is 9.59 Å². The smallest absolute Gasteiger partial charge is 0.309 e. The zero-order chi connectivity index (χ0) is 17.1.